The maximum atomic E-state index is 11.6. The molecule has 1 fully saturated rings. The fourth-order valence-corrected chi connectivity index (χ4v) is 2.62. The number of amides is 1. The first-order valence-electron chi connectivity index (χ1n) is 7.19. The second-order valence-corrected chi connectivity index (χ2v) is 5.47. The number of hydroxylamine groups is 2. The van der Waals surface area contributed by atoms with Crippen LogP contribution in [0.4, 0.5) is 0 Å². The van der Waals surface area contributed by atoms with E-state index in [1.165, 1.54) is 12.8 Å². The van der Waals surface area contributed by atoms with Crippen LogP contribution in [0.2, 0.25) is 0 Å². The number of hydrogen-bond donors (Lipinski definition) is 0. The van der Waals surface area contributed by atoms with Gasteiger partial charge in [-0.05, 0) is 17.9 Å². The van der Waals surface area contributed by atoms with E-state index in [0.717, 1.165) is 12.0 Å². The first-order valence-corrected chi connectivity index (χ1v) is 7.19. The summed E-state index contributed by atoms with van der Waals surface area (Å²) in [5, 5.41) is 1.58. The normalized spacial score (nSPS) is 20.2. The Bertz CT molecular complexity index is 404. The lowest BCUT2D eigenvalue weighted by Crippen LogP contribution is -2.52. The molecule has 0 spiro atoms. The molecule has 1 amide bonds. The van der Waals surface area contributed by atoms with Crippen LogP contribution in [0, 0.1) is 5.92 Å². The highest BCUT2D eigenvalue weighted by Crippen LogP contribution is 2.28. The molecule has 1 aliphatic rings. The van der Waals surface area contributed by atoms with Crippen molar-refractivity contribution in [3.63, 3.8) is 0 Å². The highest BCUT2D eigenvalue weighted by atomic mass is 16.7. The van der Waals surface area contributed by atoms with Crippen molar-refractivity contribution in [2.75, 3.05) is 0 Å². The highest BCUT2D eigenvalue weighted by molar-refractivity contribution is 5.81. The minimum absolute atomic E-state index is 0.115. The zero-order valence-electron chi connectivity index (χ0n) is 11.8. The Morgan fingerprint density at radius 3 is 2.74 bits per heavy atom. The molecule has 1 aromatic carbocycles. The molecule has 2 rings (SSSR count). The molecule has 3 heteroatoms. The van der Waals surface area contributed by atoms with Gasteiger partial charge in [0.2, 0.25) is 5.91 Å². The van der Waals surface area contributed by atoms with Crippen molar-refractivity contribution in [1.29, 1.82) is 0 Å². The lowest BCUT2D eigenvalue weighted by molar-refractivity contribution is -0.235. The molecule has 0 aliphatic carbocycles. The van der Waals surface area contributed by atoms with Crippen LogP contribution < -0.4 is 0 Å². The monoisotopic (exact) mass is 261 g/mol. The number of rotatable bonds is 7. The summed E-state index contributed by atoms with van der Waals surface area (Å²) in [6, 6.07) is 10.2. The van der Waals surface area contributed by atoms with Crippen LogP contribution in [0.3, 0.4) is 0 Å². The van der Waals surface area contributed by atoms with Crippen LogP contribution in [0.15, 0.2) is 30.3 Å². The van der Waals surface area contributed by atoms with Gasteiger partial charge < -0.3 is 0 Å². The number of carbonyl (C=O) groups excluding carboxylic acids is 1. The van der Waals surface area contributed by atoms with Crippen molar-refractivity contribution in [2.45, 2.75) is 52.2 Å². The molecule has 19 heavy (non-hydrogen) atoms. The van der Waals surface area contributed by atoms with Crippen molar-refractivity contribution < 1.29 is 9.63 Å². The van der Waals surface area contributed by atoms with Gasteiger partial charge in [-0.3, -0.25) is 9.63 Å². The van der Waals surface area contributed by atoms with E-state index in [1.54, 1.807) is 5.06 Å². The summed E-state index contributed by atoms with van der Waals surface area (Å²) >= 11 is 0. The van der Waals surface area contributed by atoms with Crippen LogP contribution in [-0.2, 0) is 16.2 Å². The predicted molar refractivity (Wildman–Crippen MR) is 75.2 cm³/mol. The van der Waals surface area contributed by atoms with Crippen molar-refractivity contribution in [2.24, 2.45) is 5.92 Å². The van der Waals surface area contributed by atoms with E-state index in [0.29, 0.717) is 18.9 Å². The average molecular weight is 261 g/mol. The first-order chi connectivity index (χ1) is 9.20. The van der Waals surface area contributed by atoms with Gasteiger partial charge in [-0.15, -0.1) is 0 Å². The van der Waals surface area contributed by atoms with Crippen LogP contribution >= 0.6 is 0 Å². The predicted octanol–water partition coefficient (Wildman–Crippen LogP) is 3.55. The molecule has 0 radical (unpaired) electrons. The molecular formula is C16H23NO2. The average Bonchev–Trinajstić information content (AvgIpc) is 2.40. The fourth-order valence-electron chi connectivity index (χ4n) is 2.62. The summed E-state index contributed by atoms with van der Waals surface area (Å²) in [6.45, 7) is 4.93. The van der Waals surface area contributed by atoms with Gasteiger partial charge in [0.25, 0.3) is 0 Å². The number of nitrogens with zero attached hydrogens (tertiary/aromatic N) is 1. The number of carbonyl (C=O) groups is 1. The topological polar surface area (TPSA) is 29.5 Å². The molecule has 1 aliphatic heterocycles. The van der Waals surface area contributed by atoms with Gasteiger partial charge >= 0.3 is 0 Å². The van der Waals surface area contributed by atoms with Gasteiger partial charge in [-0.25, -0.2) is 5.06 Å². The van der Waals surface area contributed by atoms with E-state index < -0.39 is 0 Å². The third-order valence-electron chi connectivity index (χ3n) is 3.66. The summed E-state index contributed by atoms with van der Waals surface area (Å²) in [5.41, 5.74) is 1.10. The molecule has 104 valence electrons. The van der Waals surface area contributed by atoms with Crippen molar-refractivity contribution in [3.8, 4) is 0 Å². The van der Waals surface area contributed by atoms with E-state index in [4.69, 9.17) is 4.84 Å². The first kappa shape index (κ1) is 14.1. The van der Waals surface area contributed by atoms with Gasteiger partial charge in [-0.1, -0.05) is 57.0 Å². The molecule has 0 bridgehead atoms. The number of β-lactam (4-membered cyclic amide) rings is 1. The Kier molecular flexibility index (Phi) is 4.97. The summed E-state index contributed by atoms with van der Waals surface area (Å²) in [6.07, 6.45) is 4.11. The number of hydrogen-bond acceptors (Lipinski definition) is 2. The summed E-state index contributed by atoms with van der Waals surface area (Å²) < 4.78 is 0. The molecule has 0 saturated carbocycles. The van der Waals surface area contributed by atoms with E-state index in [9.17, 15) is 4.79 Å². The van der Waals surface area contributed by atoms with Crippen LogP contribution in [-0.4, -0.2) is 17.0 Å². The zero-order chi connectivity index (χ0) is 13.7. The Morgan fingerprint density at radius 2 is 2.11 bits per heavy atom. The van der Waals surface area contributed by atoms with Gasteiger partial charge in [0.15, 0.2) is 0 Å². The van der Waals surface area contributed by atoms with Gasteiger partial charge in [-0.2, -0.15) is 0 Å². The fraction of sp³-hybridized carbons (Fsp3) is 0.562. The molecule has 0 N–H and O–H groups in total. The minimum Gasteiger partial charge on any atom is -0.272 e. The Labute approximate surface area is 115 Å². The minimum atomic E-state index is 0.115. The van der Waals surface area contributed by atoms with Crippen LogP contribution in [0.25, 0.3) is 0 Å². The van der Waals surface area contributed by atoms with E-state index in [-0.39, 0.29) is 11.9 Å². The summed E-state index contributed by atoms with van der Waals surface area (Å²) in [5.74, 6) is 0.774. The molecule has 1 unspecified atom stereocenters. The van der Waals surface area contributed by atoms with Gasteiger partial charge in [0, 0.05) is 0 Å². The number of benzene rings is 1. The van der Waals surface area contributed by atoms with Gasteiger partial charge in [0.1, 0.15) is 6.61 Å². The molecule has 1 saturated heterocycles. The van der Waals surface area contributed by atoms with E-state index in [2.05, 4.69) is 13.8 Å². The largest absolute Gasteiger partial charge is 0.272 e. The van der Waals surface area contributed by atoms with Crippen molar-refractivity contribution in [3.05, 3.63) is 35.9 Å². The molecular weight excluding hydrogens is 238 g/mol. The summed E-state index contributed by atoms with van der Waals surface area (Å²) in [7, 11) is 0. The third-order valence-corrected chi connectivity index (χ3v) is 3.66. The molecule has 2 atom stereocenters. The van der Waals surface area contributed by atoms with Crippen LogP contribution in [0.5, 0.6) is 0 Å². The van der Waals surface area contributed by atoms with E-state index in [1.807, 2.05) is 30.3 Å². The van der Waals surface area contributed by atoms with Gasteiger partial charge in [0.05, 0.1) is 12.5 Å². The second kappa shape index (κ2) is 6.71. The molecule has 3 nitrogen and oxygen atoms in total. The zero-order valence-corrected chi connectivity index (χ0v) is 11.8. The standard InChI is InChI=1S/C16H23NO2/c1-3-7-13(2)10-15-11-16(18)17(15)19-12-14-8-5-4-6-9-14/h4-6,8-9,13,15H,3,7,10-12H2,1-2H3/t13?,15-/m0/s1. The van der Waals surface area contributed by atoms with Crippen LogP contribution in [0.1, 0.15) is 45.1 Å². The summed E-state index contributed by atoms with van der Waals surface area (Å²) in [4.78, 5) is 17.3. The van der Waals surface area contributed by atoms with E-state index >= 15 is 0 Å². The second-order valence-electron chi connectivity index (χ2n) is 5.47. The Balaban J connectivity index is 1.80. The quantitative estimate of drug-likeness (QED) is 0.702. The van der Waals surface area contributed by atoms with Crippen molar-refractivity contribution in [1.82, 2.24) is 5.06 Å². The highest BCUT2D eigenvalue weighted by Gasteiger charge is 2.37. The third kappa shape index (κ3) is 3.80. The van der Waals surface area contributed by atoms with Crippen molar-refractivity contribution >= 4 is 5.91 Å². The lowest BCUT2D eigenvalue weighted by atomic mass is 9.91. The molecule has 1 heterocycles. The Morgan fingerprint density at radius 1 is 1.37 bits per heavy atom. The maximum Gasteiger partial charge on any atom is 0.248 e. The Hall–Kier alpha value is -1.35. The smallest absolute Gasteiger partial charge is 0.248 e. The SMILES string of the molecule is CCCC(C)C[C@H]1CC(=O)N1OCc1ccccc1. The molecule has 1 aromatic rings. The molecule has 0 aromatic heterocycles. The maximum absolute atomic E-state index is 11.6. The lowest BCUT2D eigenvalue weighted by Gasteiger charge is -2.40.